The zero-order chi connectivity index (χ0) is 33.2. The molecule has 1 saturated carbocycles. The topological polar surface area (TPSA) is 118 Å². The van der Waals surface area contributed by atoms with Crippen molar-refractivity contribution in [2.45, 2.75) is 63.8 Å². The predicted octanol–water partition coefficient (Wildman–Crippen LogP) is 4.05. The molecule has 1 amide bonds. The number of benzene rings is 1. The molecule has 1 aromatic carbocycles. The molecule has 13 heteroatoms. The highest BCUT2D eigenvalue weighted by atomic mass is 32.2. The smallest absolute Gasteiger partial charge is 0.255 e. The summed E-state index contributed by atoms with van der Waals surface area (Å²) in [5, 5.41) is 6.15. The minimum atomic E-state index is -3.22. The van der Waals surface area contributed by atoms with Crippen molar-refractivity contribution in [1.29, 1.82) is 0 Å². The average molecular weight is 666 g/mol. The van der Waals surface area contributed by atoms with Crippen LogP contribution in [0.25, 0.3) is 27.8 Å². The Balaban J connectivity index is 1.24. The van der Waals surface area contributed by atoms with E-state index >= 15 is 0 Å². The Morgan fingerprint density at radius 2 is 1.87 bits per heavy atom. The third-order valence-electron chi connectivity index (χ3n) is 10.2. The number of fused-ring (bicyclic) bond motifs is 2. The number of ether oxygens (including phenoxy) is 1. The number of alkyl halides is 1. The van der Waals surface area contributed by atoms with Crippen molar-refractivity contribution in [1.82, 2.24) is 23.4 Å². The summed E-state index contributed by atoms with van der Waals surface area (Å²) in [6.07, 6.45) is 6.05. The van der Waals surface area contributed by atoms with Gasteiger partial charge in [0.2, 0.25) is 10.0 Å². The zero-order valence-corrected chi connectivity index (χ0v) is 28.3. The number of rotatable bonds is 8. The van der Waals surface area contributed by atoms with E-state index in [1.54, 1.807) is 30.9 Å². The summed E-state index contributed by atoms with van der Waals surface area (Å²) in [4.78, 5) is 17.3. The van der Waals surface area contributed by atoms with Crippen molar-refractivity contribution < 1.29 is 22.3 Å². The van der Waals surface area contributed by atoms with Gasteiger partial charge in [-0.15, -0.1) is 0 Å². The Hall–Kier alpha value is -3.68. The van der Waals surface area contributed by atoms with Crippen LogP contribution < -0.4 is 15.4 Å². The van der Waals surface area contributed by atoms with Crippen LogP contribution in [0.15, 0.2) is 36.5 Å². The number of aromatic nitrogens is 3. The van der Waals surface area contributed by atoms with Gasteiger partial charge in [0.15, 0.2) is 0 Å². The Bertz CT molecular complexity index is 1930. The van der Waals surface area contributed by atoms with Gasteiger partial charge in [0, 0.05) is 68.1 Å². The van der Waals surface area contributed by atoms with E-state index in [0.29, 0.717) is 23.8 Å². The van der Waals surface area contributed by atoms with Crippen molar-refractivity contribution in [2.24, 2.45) is 11.7 Å². The van der Waals surface area contributed by atoms with Crippen LogP contribution in [0.5, 0.6) is 5.75 Å². The molecule has 3 fully saturated rings. The monoisotopic (exact) mass is 665 g/mol. The van der Waals surface area contributed by atoms with Crippen LogP contribution in [0.3, 0.4) is 0 Å². The number of piperidine rings is 2. The number of nitrogens with two attached hydrogens (primary N) is 1. The highest BCUT2D eigenvalue weighted by Gasteiger charge is 2.31. The Labute approximate surface area is 275 Å². The second-order valence-corrected chi connectivity index (χ2v) is 15.7. The van der Waals surface area contributed by atoms with E-state index in [9.17, 15) is 17.6 Å². The molecule has 2 saturated heterocycles. The van der Waals surface area contributed by atoms with E-state index in [1.165, 1.54) is 28.3 Å². The first-order valence-electron chi connectivity index (χ1n) is 16.5. The van der Waals surface area contributed by atoms with Crippen molar-refractivity contribution in [3.63, 3.8) is 0 Å². The van der Waals surface area contributed by atoms with Crippen LogP contribution in [-0.2, 0) is 16.6 Å². The third kappa shape index (κ3) is 6.09. The number of anilines is 1. The molecule has 5 heterocycles. The van der Waals surface area contributed by atoms with Crippen molar-refractivity contribution in [3.05, 3.63) is 47.7 Å². The van der Waals surface area contributed by atoms with Gasteiger partial charge in [0.1, 0.15) is 23.1 Å². The van der Waals surface area contributed by atoms with Crippen molar-refractivity contribution in [3.8, 4) is 17.1 Å². The van der Waals surface area contributed by atoms with E-state index in [0.717, 1.165) is 71.5 Å². The fraction of sp³-hybridized carbons (Fsp3) is 0.529. The highest BCUT2D eigenvalue weighted by molar-refractivity contribution is 7.88. The molecule has 2 atom stereocenters. The van der Waals surface area contributed by atoms with Gasteiger partial charge in [0.05, 0.1) is 36.7 Å². The van der Waals surface area contributed by atoms with Gasteiger partial charge in [0.25, 0.3) is 5.91 Å². The van der Waals surface area contributed by atoms with E-state index in [2.05, 4.69) is 33.7 Å². The molecule has 0 bridgehead atoms. The number of pyridine rings is 1. The number of carbonyl (C=O) groups excluding carboxylic acids is 1. The summed E-state index contributed by atoms with van der Waals surface area (Å²) in [5.41, 5.74) is 12.2. The van der Waals surface area contributed by atoms with Gasteiger partial charge >= 0.3 is 0 Å². The summed E-state index contributed by atoms with van der Waals surface area (Å²) in [7, 11) is 0.0332. The van der Waals surface area contributed by atoms with Crippen LogP contribution in [-0.4, -0.2) is 103 Å². The van der Waals surface area contributed by atoms with Crippen LogP contribution in [0.1, 0.15) is 48.0 Å². The molecular formula is C34H44FN7O4S. The zero-order valence-electron chi connectivity index (χ0n) is 27.5. The normalized spacial score (nSPS) is 21.3. The molecule has 0 spiro atoms. The van der Waals surface area contributed by atoms with Gasteiger partial charge in [-0.2, -0.15) is 5.10 Å². The highest BCUT2D eigenvalue weighted by Crippen LogP contribution is 2.39. The molecule has 2 aliphatic heterocycles. The lowest BCUT2D eigenvalue weighted by Gasteiger charge is -2.37. The fourth-order valence-corrected chi connectivity index (χ4v) is 8.13. The summed E-state index contributed by atoms with van der Waals surface area (Å²) in [6, 6.07) is 10.1. The number of hydrogen-bond acceptors (Lipinski definition) is 7. The summed E-state index contributed by atoms with van der Waals surface area (Å²) in [5.74, 6) is 0.851. The lowest BCUT2D eigenvalue weighted by atomic mass is 10.0. The number of carbonyl (C=O) groups is 1. The molecule has 252 valence electrons. The van der Waals surface area contributed by atoms with Gasteiger partial charge < -0.3 is 24.8 Å². The Kier molecular flexibility index (Phi) is 8.20. The maximum absolute atomic E-state index is 14.3. The van der Waals surface area contributed by atoms with Gasteiger partial charge in [-0.25, -0.2) is 21.6 Å². The van der Waals surface area contributed by atoms with Crippen molar-refractivity contribution in [2.75, 3.05) is 51.5 Å². The van der Waals surface area contributed by atoms with Crippen molar-refractivity contribution >= 4 is 38.0 Å². The first kappa shape index (κ1) is 31.9. The number of methoxy groups -OCH3 is 1. The molecular weight excluding hydrogens is 621 g/mol. The molecule has 0 radical (unpaired) electrons. The van der Waals surface area contributed by atoms with E-state index in [-0.39, 0.29) is 24.9 Å². The molecule has 3 aliphatic rings. The van der Waals surface area contributed by atoms with Gasteiger partial charge in [-0.3, -0.25) is 4.79 Å². The number of halogens is 1. The SMILES string of the molecule is COc1cc(C(=O)N2C[C@H](N)C[C@@H](F)C2)cn2nc(-c3cc4ccc(N5CCC(N(C)S(C)(=O)=O)CC5)cc4n3CC3CC3)c(C)c12. The average Bonchev–Trinajstić information content (AvgIpc) is 3.71. The third-order valence-corrected chi connectivity index (χ3v) is 11.6. The standard InChI is InChI=1S/C34H44FN7O4S/c1-21-32(37-42-18-24(14-31(46-3)33(21)42)34(43)40-19-25(35)15-26(36)20-40)30-13-23-7-8-28(16-29(23)41(30)17-22-5-6-22)39-11-9-27(10-12-39)38(2)47(4,44)45/h7-8,13-14,16,18,22,25-27H,5-6,9-12,15,17,19-20,36H2,1-4H3/t25-,26-/m1/s1. The lowest BCUT2D eigenvalue weighted by molar-refractivity contribution is 0.0606. The van der Waals surface area contributed by atoms with E-state index in [1.807, 2.05) is 6.92 Å². The van der Waals surface area contributed by atoms with Crippen LogP contribution >= 0.6 is 0 Å². The van der Waals surface area contributed by atoms with Gasteiger partial charge in [-0.05, 0) is 69.2 Å². The Morgan fingerprint density at radius 3 is 2.53 bits per heavy atom. The first-order valence-corrected chi connectivity index (χ1v) is 18.3. The molecule has 3 aromatic heterocycles. The quantitative estimate of drug-likeness (QED) is 0.302. The largest absolute Gasteiger partial charge is 0.494 e. The van der Waals surface area contributed by atoms with Crippen LogP contribution in [0.2, 0.25) is 0 Å². The van der Waals surface area contributed by atoms with E-state index in [4.69, 9.17) is 15.6 Å². The molecule has 2 N–H and O–H groups in total. The maximum Gasteiger partial charge on any atom is 0.255 e. The van der Waals surface area contributed by atoms with E-state index < -0.39 is 22.2 Å². The van der Waals surface area contributed by atoms with Crippen LogP contribution in [0.4, 0.5) is 10.1 Å². The minimum Gasteiger partial charge on any atom is -0.494 e. The first-order chi connectivity index (χ1) is 22.4. The number of nitrogens with zero attached hydrogens (tertiary/aromatic N) is 6. The lowest BCUT2D eigenvalue weighted by Crippen LogP contribution is -2.50. The van der Waals surface area contributed by atoms with Gasteiger partial charge in [-0.1, -0.05) is 6.07 Å². The number of sulfonamides is 1. The number of amides is 1. The molecule has 11 nitrogen and oxygen atoms in total. The maximum atomic E-state index is 14.3. The fourth-order valence-electron chi connectivity index (χ4n) is 7.37. The molecule has 47 heavy (non-hydrogen) atoms. The second kappa shape index (κ2) is 12.1. The summed E-state index contributed by atoms with van der Waals surface area (Å²) in [6.45, 7) is 4.82. The Morgan fingerprint density at radius 1 is 1.13 bits per heavy atom. The minimum absolute atomic E-state index is 0.0131. The predicted molar refractivity (Wildman–Crippen MR) is 181 cm³/mol. The number of likely N-dealkylation sites (tertiary alicyclic amines) is 1. The molecule has 1 aliphatic carbocycles. The number of aryl methyl sites for hydroxylation is 1. The molecule has 7 rings (SSSR count). The second-order valence-electron chi connectivity index (χ2n) is 13.7. The molecule has 4 aromatic rings. The summed E-state index contributed by atoms with van der Waals surface area (Å²) < 4.78 is 49.9. The number of hydrogen-bond donors (Lipinski definition) is 1. The molecule has 0 unspecified atom stereocenters. The van der Waals surface area contributed by atoms with Crippen LogP contribution in [0, 0.1) is 12.8 Å². The summed E-state index contributed by atoms with van der Waals surface area (Å²) >= 11 is 0.